The van der Waals surface area contributed by atoms with Crippen molar-refractivity contribution in [3.8, 4) is 0 Å². The van der Waals surface area contributed by atoms with Crippen molar-refractivity contribution in [3.63, 3.8) is 0 Å². The number of benzene rings is 2. The number of aryl methyl sites for hydroxylation is 2. The monoisotopic (exact) mass is 337 g/mol. The maximum Gasteiger partial charge on any atom is 0.113 e. The lowest BCUT2D eigenvalue weighted by molar-refractivity contribution is -0.0461. The highest BCUT2D eigenvalue weighted by molar-refractivity contribution is 5.92. The van der Waals surface area contributed by atoms with Gasteiger partial charge in [-0.1, -0.05) is 36.4 Å². The molecule has 0 aliphatic carbocycles. The van der Waals surface area contributed by atoms with E-state index in [0.717, 1.165) is 33.7 Å². The number of nitrogens with zero attached hydrogens (tertiary/aromatic N) is 2. The minimum absolute atomic E-state index is 0.238. The Morgan fingerprint density at radius 3 is 2.68 bits per heavy atom. The first-order valence-corrected chi connectivity index (χ1v) is 8.69. The standard InChI is InChI=1S/C20H23N3O2/c1-4-25-20-14-10-11-15-18(21-12(2)23(15)3)17(14)22-16(19(20)24)13-8-6-5-7-9-13/h5-11,16,19-20,22,24H,4H2,1-3H3/t16-,19-,20+/m1/s1. The summed E-state index contributed by atoms with van der Waals surface area (Å²) in [6.07, 6.45) is -1.05. The van der Waals surface area contributed by atoms with Crippen LogP contribution in [0.3, 0.4) is 0 Å². The third-order valence-corrected chi connectivity index (χ3v) is 5.07. The molecule has 4 rings (SSSR count). The molecule has 0 amide bonds. The summed E-state index contributed by atoms with van der Waals surface area (Å²) in [6.45, 7) is 4.50. The van der Waals surface area contributed by atoms with Crippen molar-refractivity contribution in [2.75, 3.05) is 11.9 Å². The number of aliphatic hydroxyl groups is 1. The summed E-state index contributed by atoms with van der Waals surface area (Å²) in [5.41, 5.74) is 4.96. The summed E-state index contributed by atoms with van der Waals surface area (Å²) in [6, 6.07) is 13.9. The zero-order valence-corrected chi connectivity index (χ0v) is 14.7. The van der Waals surface area contributed by atoms with Crippen LogP contribution >= 0.6 is 0 Å². The van der Waals surface area contributed by atoms with E-state index in [1.807, 2.05) is 57.3 Å². The van der Waals surface area contributed by atoms with Crippen molar-refractivity contribution in [3.05, 3.63) is 59.4 Å². The molecule has 3 aromatic rings. The third-order valence-electron chi connectivity index (χ3n) is 5.07. The molecule has 3 atom stereocenters. The number of rotatable bonds is 3. The van der Waals surface area contributed by atoms with Crippen molar-refractivity contribution < 1.29 is 9.84 Å². The SMILES string of the molecule is CCO[C@H]1c2ccc3c(nc(C)n3C)c2N[C@H](c2ccccc2)[C@H]1O. The van der Waals surface area contributed by atoms with E-state index in [9.17, 15) is 5.11 Å². The maximum atomic E-state index is 11.0. The van der Waals surface area contributed by atoms with Gasteiger partial charge >= 0.3 is 0 Å². The van der Waals surface area contributed by atoms with Crippen LogP contribution in [-0.2, 0) is 11.8 Å². The summed E-state index contributed by atoms with van der Waals surface area (Å²) in [4.78, 5) is 4.74. The van der Waals surface area contributed by atoms with Gasteiger partial charge in [0.25, 0.3) is 0 Å². The van der Waals surface area contributed by atoms with E-state index in [-0.39, 0.29) is 12.1 Å². The Morgan fingerprint density at radius 2 is 1.96 bits per heavy atom. The first kappa shape index (κ1) is 16.1. The minimum Gasteiger partial charge on any atom is -0.388 e. The predicted octanol–water partition coefficient (Wildman–Crippen LogP) is 3.49. The number of hydrogen-bond acceptors (Lipinski definition) is 4. The largest absolute Gasteiger partial charge is 0.388 e. The van der Waals surface area contributed by atoms with Gasteiger partial charge in [-0.2, -0.15) is 0 Å². The van der Waals surface area contributed by atoms with E-state index in [1.165, 1.54) is 0 Å². The molecule has 1 aliphatic heterocycles. The molecule has 2 aromatic carbocycles. The molecular formula is C20H23N3O2. The molecule has 0 radical (unpaired) electrons. The number of fused-ring (bicyclic) bond motifs is 3. The van der Waals surface area contributed by atoms with Gasteiger partial charge in [0.05, 0.1) is 17.2 Å². The summed E-state index contributed by atoms with van der Waals surface area (Å²) in [5, 5.41) is 14.5. The average Bonchev–Trinajstić information content (AvgIpc) is 2.92. The van der Waals surface area contributed by atoms with E-state index in [4.69, 9.17) is 9.72 Å². The van der Waals surface area contributed by atoms with Gasteiger partial charge in [-0.05, 0) is 25.5 Å². The lowest BCUT2D eigenvalue weighted by atomic mass is 9.88. The van der Waals surface area contributed by atoms with Crippen molar-refractivity contribution in [1.82, 2.24) is 9.55 Å². The van der Waals surface area contributed by atoms with Crippen LogP contribution < -0.4 is 5.32 Å². The highest BCUT2D eigenvalue weighted by Crippen LogP contribution is 2.44. The molecule has 25 heavy (non-hydrogen) atoms. The molecule has 2 N–H and O–H groups in total. The van der Waals surface area contributed by atoms with Crippen molar-refractivity contribution in [2.24, 2.45) is 7.05 Å². The zero-order valence-electron chi connectivity index (χ0n) is 14.7. The second-order valence-corrected chi connectivity index (χ2v) is 6.51. The fourth-order valence-corrected chi connectivity index (χ4v) is 3.69. The van der Waals surface area contributed by atoms with Crippen LogP contribution in [0.2, 0.25) is 0 Å². The van der Waals surface area contributed by atoms with Gasteiger partial charge in [0, 0.05) is 19.2 Å². The van der Waals surface area contributed by atoms with Crippen LogP contribution in [0.1, 0.15) is 36.0 Å². The fraction of sp³-hybridized carbons (Fsp3) is 0.350. The molecular weight excluding hydrogens is 314 g/mol. The zero-order chi connectivity index (χ0) is 17.6. The fourth-order valence-electron chi connectivity index (χ4n) is 3.69. The van der Waals surface area contributed by atoms with Crippen LogP contribution in [-0.4, -0.2) is 27.4 Å². The van der Waals surface area contributed by atoms with E-state index in [1.54, 1.807) is 0 Å². The van der Waals surface area contributed by atoms with Gasteiger partial charge < -0.3 is 19.7 Å². The number of anilines is 1. The minimum atomic E-state index is -0.669. The molecule has 2 heterocycles. The van der Waals surface area contributed by atoms with Gasteiger partial charge in [-0.25, -0.2) is 4.98 Å². The molecule has 5 heteroatoms. The Morgan fingerprint density at radius 1 is 1.20 bits per heavy atom. The second-order valence-electron chi connectivity index (χ2n) is 6.51. The Labute approximate surface area is 147 Å². The third kappa shape index (κ3) is 2.51. The van der Waals surface area contributed by atoms with Crippen LogP contribution in [0.15, 0.2) is 42.5 Å². The lowest BCUT2D eigenvalue weighted by Gasteiger charge is -2.37. The van der Waals surface area contributed by atoms with Crippen LogP contribution in [0, 0.1) is 6.92 Å². The highest BCUT2D eigenvalue weighted by Gasteiger charge is 2.38. The van der Waals surface area contributed by atoms with Gasteiger partial charge in [-0.3, -0.25) is 0 Å². The molecule has 0 fully saturated rings. The van der Waals surface area contributed by atoms with Crippen LogP contribution in [0.5, 0.6) is 0 Å². The summed E-state index contributed by atoms with van der Waals surface area (Å²) in [5.74, 6) is 0.959. The normalized spacial score (nSPS) is 22.6. The second kappa shape index (κ2) is 6.17. The Balaban J connectivity index is 1.90. The number of nitrogens with one attached hydrogen (secondary N) is 1. The molecule has 0 unspecified atom stereocenters. The predicted molar refractivity (Wildman–Crippen MR) is 98.6 cm³/mol. The molecule has 0 saturated heterocycles. The number of imidazole rings is 1. The molecule has 130 valence electrons. The number of ether oxygens (including phenoxy) is 1. The maximum absolute atomic E-state index is 11.0. The van der Waals surface area contributed by atoms with E-state index >= 15 is 0 Å². The van der Waals surface area contributed by atoms with Gasteiger partial charge in [-0.15, -0.1) is 0 Å². The molecule has 5 nitrogen and oxygen atoms in total. The smallest absolute Gasteiger partial charge is 0.113 e. The highest BCUT2D eigenvalue weighted by atomic mass is 16.5. The molecule has 0 saturated carbocycles. The van der Waals surface area contributed by atoms with E-state index in [0.29, 0.717) is 6.61 Å². The molecule has 1 aromatic heterocycles. The van der Waals surface area contributed by atoms with Crippen molar-refractivity contribution >= 4 is 16.7 Å². The van der Waals surface area contributed by atoms with Gasteiger partial charge in [0.15, 0.2) is 0 Å². The average molecular weight is 337 g/mol. The van der Waals surface area contributed by atoms with Crippen LogP contribution in [0.4, 0.5) is 5.69 Å². The summed E-state index contributed by atoms with van der Waals surface area (Å²) < 4.78 is 8.01. The first-order valence-electron chi connectivity index (χ1n) is 8.69. The van der Waals surface area contributed by atoms with Gasteiger partial charge in [0.1, 0.15) is 23.5 Å². The van der Waals surface area contributed by atoms with E-state index in [2.05, 4.69) is 16.0 Å². The summed E-state index contributed by atoms with van der Waals surface area (Å²) >= 11 is 0. The molecule has 0 bridgehead atoms. The first-order chi connectivity index (χ1) is 12.1. The Bertz CT molecular complexity index is 904. The molecule has 1 aliphatic rings. The van der Waals surface area contributed by atoms with Gasteiger partial charge in [0.2, 0.25) is 0 Å². The van der Waals surface area contributed by atoms with Crippen LogP contribution in [0.25, 0.3) is 11.0 Å². The number of aliphatic hydroxyl groups excluding tert-OH is 1. The molecule has 0 spiro atoms. The topological polar surface area (TPSA) is 59.3 Å². The summed E-state index contributed by atoms with van der Waals surface area (Å²) in [7, 11) is 2.02. The van der Waals surface area contributed by atoms with Crippen molar-refractivity contribution in [2.45, 2.75) is 32.1 Å². The number of aromatic nitrogens is 2. The lowest BCUT2D eigenvalue weighted by Crippen LogP contribution is -2.37. The Kier molecular flexibility index (Phi) is 3.98. The Hall–Kier alpha value is -2.37. The van der Waals surface area contributed by atoms with E-state index < -0.39 is 6.10 Å². The number of hydrogen-bond donors (Lipinski definition) is 2. The van der Waals surface area contributed by atoms with Crippen molar-refractivity contribution in [1.29, 1.82) is 0 Å². The quantitative estimate of drug-likeness (QED) is 0.768.